The summed E-state index contributed by atoms with van der Waals surface area (Å²) in [5.74, 6) is 1.55. The Morgan fingerprint density at radius 2 is 1.64 bits per heavy atom. The standard InChI is InChI=1S/C27H39FNO2.CH3Cl/c1-26(2,3)18-27(4,5)16-23-21-15-25(31-7)24(30-6)14-19(21)12-13-29(23)17-20-10-8-9-11-22(20)28;1-2/h8,10,14-15H,9,11-13,16-18H2,1-7H3;1H3/q+1;. The number of halogens is 2. The van der Waals surface area contributed by atoms with E-state index >= 15 is 0 Å². The Labute approximate surface area is 205 Å². The number of allylic oxidation sites excluding steroid dienone is 2. The predicted octanol–water partition coefficient (Wildman–Crippen LogP) is 7.34. The zero-order valence-corrected chi connectivity index (χ0v) is 22.5. The molecule has 5 heteroatoms. The smallest absolute Gasteiger partial charge is 0.184 e. The fourth-order valence-corrected chi connectivity index (χ4v) is 5.32. The molecule has 2 aliphatic rings. The van der Waals surface area contributed by atoms with E-state index in [-0.39, 0.29) is 16.7 Å². The monoisotopic (exact) mass is 478 g/mol. The third-order valence-electron chi connectivity index (χ3n) is 6.17. The lowest BCUT2D eigenvalue weighted by Gasteiger charge is -2.33. The first kappa shape index (κ1) is 27.4. The van der Waals surface area contributed by atoms with E-state index in [1.54, 1.807) is 14.2 Å². The molecule has 0 atom stereocenters. The van der Waals surface area contributed by atoms with E-state index in [1.807, 2.05) is 6.08 Å². The fraction of sp³-hybridized carbons (Fsp3) is 0.607. The van der Waals surface area contributed by atoms with Crippen molar-refractivity contribution in [3.05, 3.63) is 46.8 Å². The highest BCUT2D eigenvalue weighted by atomic mass is 35.5. The average molecular weight is 479 g/mol. The summed E-state index contributed by atoms with van der Waals surface area (Å²) in [5, 5.41) is 0. The molecule has 0 N–H and O–H groups in total. The Kier molecular flexibility index (Phi) is 9.60. The average Bonchev–Trinajstić information content (AvgIpc) is 2.75. The molecule has 0 amide bonds. The molecular weight excluding hydrogens is 437 g/mol. The second-order valence-corrected chi connectivity index (χ2v) is 10.9. The van der Waals surface area contributed by atoms with E-state index in [2.05, 4.69) is 69.0 Å². The zero-order chi connectivity index (χ0) is 24.8. The first-order chi connectivity index (χ1) is 15.5. The summed E-state index contributed by atoms with van der Waals surface area (Å²) < 4.78 is 28.1. The van der Waals surface area contributed by atoms with Crippen LogP contribution in [-0.2, 0) is 6.42 Å². The number of rotatable bonds is 7. The molecule has 3 rings (SSSR count). The highest BCUT2D eigenvalue weighted by molar-refractivity contribution is 6.15. The van der Waals surface area contributed by atoms with Crippen molar-refractivity contribution in [3.63, 3.8) is 0 Å². The molecule has 0 fully saturated rings. The maximum Gasteiger partial charge on any atom is 0.184 e. The quantitative estimate of drug-likeness (QED) is 0.302. The van der Waals surface area contributed by atoms with Crippen LogP contribution < -0.4 is 9.47 Å². The molecular formula is C28H42ClFNO2+. The van der Waals surface area contributed by atoms with Crippen molar-refractivity contribution in [2.24, 2.45) is 10.8 Å². The van der Waals surface area contributed by atoms with Crippen LogP contribution in [0.4, 0.5) is 4.39 Å². The number of ether oxygens (including phenoxy) is 2. The third-order valence-corrected chi connectivity index (χ3v) is 6.17. The Morgan fingerprint density at radius 1 is 1.00 bits per heavy atom. The second kappa shape index (κ2) is 11.6. The van der Waals surface area contributed by atoms with Gasteiger partial charge in [-0.25, -0.2) is 8.97 Å². The van der Waals surface area contributed by atoms with E-state index in [1.165, 1.54) is 23.2 Å². The summed E-state index contributed by atoms with van der Waals surface area (Å²) in [7, 11) is 3.36. The Morgan fingerprint density at radius 3 is 2.21 bits per heavy atom. The number of benzene rings is 1. The van der Waals surface area contributed by atoms with Gasteiger partial charge in [0.05, 0.1) is 14.2 Å². The molecule has 1 aliphatic carbocycles. The van der Waals surface area contributed by atoms with E-state index in [0.717, 1.165) is 49.3 Å². The highest BCUT2D eigenvalue weighted by Gasteiger charge is 2.35. The third kappa shape index (κ3) is 7.34. The molecule has 0 spiro atoms. The van der Waals surface area contributed by atoms with Crippen LogP contribution in [0.2, 0.25) is 0 Å². The SMILES string of the molecule is CCl.COc1cc2c(cc1OC)C(CC(C)(C)CC(C)(C)C)=[N+](CC1=C(F)CCC=C1)CC2. The maximum absolute atomic E-state index is 14.6. The summed E-state index contributed by atoms with van der Waals surface area (Å²) in [6.45, 7) is 13.1. The van der Waals surface area contributed by atoms with Gasteiger partial charge < -0.3 is 9.47 Å². The number of hydrogen-bond acceptors (Lipinski definition) is 2. The summed E-state index contributed by atoms with van der Waals surface area (Å²) in [5.41, 5.74) is 4.96. The van der Waals surface area contributed by atoms with Gasteiger partial charge in [-0.2, -0.15) is 0 Å². The van der Waals surface area contributed by atoms with Crippen LogP contribution in [0, 0.1) is 10.8 Å². The molecule has 3 nitrogen and oxygen atoms in total. The minimum absolute atomic E-state index is 0.0360. The van der Waals surface area contributed by atoms with Crippen molar-refractivity contribution in [2.75, 3.05) is 33.7 Å². The van der Waals surface area contributed by atoms with Crippen molar-refractivity contribution in [1.29, 1.82) is 0 Å². The number of hydrogen-bond donors (Lipinski definition) is 0. The molecule has 1 aromatic rings. The van der Waals surface area contributed by atoms with Crippen LogP contribution in [-0.4, -0.2) is 44.0 Å². The van der Waals surface area contributed by atoms with Gasteiger partial charge in [-0.15, -0.1) is 11.6 Å². The lowest BCUT2D eigenvalue weighted by Crippen LogP contribution is -2.35. The van der Waals surface area contributed by atoms with Gasteiger partial charge in [0.25, 0.3) is 0 Å². The van der Waals surface area contributed by atoms with Crippen molar-refractivity contribution in [3.8, 4) is 11.5 Å². The summed E-state index contributed by atoms with van der Waals surface area (Å²) >= 11 is 4.64. The van der Waals surface area contributed by atoms with E-state index in [9.17, 15) is 4.39 Å². The minimum atomic E-state index is 0.0360. The van der Waals surface area contributed by atoms with Gasteiger partial charge in [0.1, 0.15) is 12.4 Å². The molecule has 184 valence electrons. The molecule has 1 heterocycles. The van der Waals surface area contributed by atoms with Gasteiger partial charge in [-0.3, -0.25) is 0 Å². The summed E-state index contributed by atoms with van der Waals surface area (Å²) in [4.78, 5) is 0. The molecule has 0 aromatic heterocycles. The van der Waals surface area contributed by atoms with Crippen molar-refractivity contribution in [2.45, 2.75) is 66.7 Å². The van der Waals surface area contributed by atoms with E-state index in [4.69, 9.17) is 9.47 Å². The van der Waals surface area contributed by atoms with Gasteiger partial charge in [0.2, 0.25) is 0 Å². The number of methoxy groups -OCH3 is 2. The normalized spacial score (nSPS) is 16.3. The van der Waals surface area contributed by atoms with Crippen LogP contribution in [0.5, 0.6) is 11.5 Å². The Hall–Kier alpha value is -1.81. The van der Waals surface area contributed by atoms with Gasteiger partial charge >= 0.3 is 0 Å². The first-order valence-corrected chi connectivity index (χ1v) is 12.6. The van der Waals surface area contributed by atoms with Crippen molar-refractivity contribution >= 4 is 17.3 Å². The Balaban J connectivity index is 0.00000187. The van der Waals surface area contributed by atoms with Gasteiger partial charge in [-0.05, 0) is 41.4 Å². The van der Waals surface area contributed by atoms with Crippen LogP contribution in [0.15, 0.2) is 35.7 Å². The summed E-state index contributed by atoms with van der Waals surface area (Å²) in [6, 6.07) is 4.23. The molecule has 0 unspecified atom stereocenters. The van der Waals surface area contributed by atoms with Crippen molar-refractivity contribution in [1.82, 2.24) is 0 Å². The van der Waals surface area contributed by atoms with Crippen LogP contribution in [0.3, 0.4) is 0 Å². The fourth-order valence-electron chi connectivity index (χ4n) is 5.32. The molecule has 1 aliphatic heterocycles. The van der Waals surface area contributed by atoms with Crippen LogP contribution >= 0.6 is 11.6 Å². The van der Waals surface area contributed by atoms with Crippen LogP contribution in [0.1, 0.15) is 71.4 Å². The lowest BCUT2D eigenvalue weighted by molar-refractivity contribution is -0.521. The highest BCUT2D eigenvalue weighted by Crippen LogP contribution is 2.39. The lowest BCUT2D eigenvalue weighted by atomic mass is 9.72. The van der Waals surface area contributed by atoms with Crippen LogP contribution in [0.25, 0.3) is 0 Å². The molecule has 0 saturated carbocycles. The largest absolute Gasteiger partial charge is 0.493 e. The number of nitrogens with zero attached hydrogens (tertiary/aromatic N) is 1. The Bertz CT molecular complexity index is 923. The van der Waals surface area contributed by atoms with Gasteiger partial charge in [-0.1, -0.05) is 46.8 Å². The maximum atomic E-state index is 14.6. The molecule has 0 saturated heterocycles. The predicted molar refractivity (Wildman–Crippen MR) is 138 cm³/mol. The zero-order valence-electron chi connectivity index (χ0n) is 21.8. The minimum Gasteiger partial charge on any atom is -0.493 e. The molecule has 0 bridgehead atoms. The van der Waals surface area contributed by atoms with Gasteiger partial charge in [0, 0.05) is 36.8 Å². The summed E-state index contributed by atoms with van der Waals surface area (Å²) in [6.07, 6.45) is 9.81. The molecule has 0 radical (unpaired) electrons. The molecule has 33 heavy (non-hydrogen) atoms. The van der Waals surface area contributed by atoms with Crippen molar-refractivity contribution < 1.29 is 18.4 Å². The molecule has 1 aromatic carbocycles. The number of fused-ring (bicyclic) bond motifs is 1. The van der Waals surface area contributed by atoms with E-state index in [0.29, 0.717) is 13.0 Å². The second-order valence-electron chi connectivity index (χ2n) is 10.9. The topological polar surface area (TPSA) is 21.5 Å². The first-order valence-electron chi connectivity index (χ1n) is 11.8. The number of alkyl halides is 1. The van der Waals surface area contributed by atoms with E-state index < -0.39 is 0 Å². The van der Waals surface area contributed by atoms with Gasteiger partial charge in [0.15, 0.2) is 23.8 Å².